The molecule has 0 unspecified atom stereocenters. The number of esters is 2. The van der Waals surface area contributed by atoms with Gasteiger partial charge in [-0.05, 0) is 42.8 Å². The monoisotopic (exact) mass is 395 g/mol. The van der Waals surface area contributed by atoms with Crippen LogP contribution in [0.1, 0.15) is 23.0 Å². The second-order valence-electron chi connectivity index (χ2n) is 5.92. The Morgan fingerprint density at radius 1 is 1.19 bits per heavy atom. The smallest absolute Gasteiger partial charge is 1.00 e. The molecule has 2 heterocycles. The van der Waals surface area contributed by atoms with Crippen molar-refractivity contribution in [3.8, 4) is 11.5 Å². The predicted molar refractivity (Wildman–Crippen MR) is 95.8 cm³/mol. The molecule has 0 radical (unpaired) electrons. The molecule has 0 saturated carbocycles. The van der Waals surface area contributed by atoms with Crippen LogP contribution in [0.3, 0.4) is 0 Å². The molecule has 0 spiro atoms. The maximum Gasteiger partial charge on any atom is 1.00 e. The summed E-state index contributed by atoms with van der Waals surface area (Å²) in [6, 6.07) is 9.80. The Hall–Kier alpha value is -1.99. The number of ether oxygens (including phenoxy) is 3. The molecular weight excluding hydrogens is 381 g/mol. The Morgan fingerprint density at radius 2 is 1.85 bits per heavy atom. The third kappa shape index (κ3) is 3.99. The molecule has 4 rings (SSSR count). The molecule has 3 aromatic rings. The molecule has 0 fully saturated rings. The molecule has 0 bridgehead atoms. The number of H-pyrrole nitrogens is 1. The Kier molecular flexibility index (Phi) is 5.81. The van der Waals surface area contributed by atoms with E-state index < -0.39 is 11.9 Å². The average Bonchev–Trinajstić information content (AvgIpc) is 3.17. The van der Waals surface area contributed by atoms with Gasteiger partial charge in [0.15, 0.2) is 11.5 Å². The SMILES string of the molecule is Cc1[nH]c2cc3c(cc2c1CC(=O)OC(=O)c1ccc(Cl)cc1)OCO3.[H-].[Na+]. The van der Waals surface area contributed by atoms with Crippen LogP contribution >= 0.6 is 11.6 Å². The van der Waals surface area contributed by atoms with Crippen LogP contribution in [-0.2, 0) is 16.0 Å². The molecule has 1 N–H and O–H groups in total. The van der Waals surface area contributed by atoms with Crippen molar-refractivity contribution in [1.29, 1.82) is 0 Å². The van der Waals surface area contributed by atoms with Crippen molar-refractivity contribution in [2.75, 3.05) is 6.79 Å². The van der Waals surface area contributed by atoms with Crippen LogP contribution in [0.15, 0.2) is 36.4 Å². The largest absolute Gasteiger partial charge is 1.00 e. The second-order valence-corrected chi connectivity index (χ2v) is 6.36. The van der Waals surface area contributed by atoms with E-state index in [-0.39, 0.29) is 49.8 Å². The predicted octanol–water partition coefficient (Wildman–Crippen LogP) is 0.901. The first-order valence-electron chi connectivity index (χ1n) is 7.92. The number of rotatable bonds is 3. The van der Waals surface area contributed by atoms with E-state index in [1.165, 1.54) is 12.1 Å². The van der Waals surface area contributed by atoms with Crippen molar-refractivity contribution in [1.82, 2.24) is 4.98 Å². The van der Waals surface area contributed by atoms with Crippen LogP contribution in [0, 0.1) is 6.92 Å². The van der Waals surface area contributed by atoms with Crippen LogP contribution in [0.4, 0.5) is 0 Å². The molecule has 1 aliphatic heterocycles. The summed E-state index contributed by atoms with van der Waals surface area (Å²) in [6.07, 6.45) is -0.0369. The topological polar surface area (TPSA) is 77.6 Å². The molecule has 27 heavy (non-hydrogen) atoms. The van der Waals surface area contributed by atoms with E-state index in [1.807, 2.05) is 19.1 Å². The van der Waals surface area contributed by atoms with Gasteiger partial charge in [-0.25, -0.2) is 4.79 Å². The van der Waals surface area contributed by atoms with Gasteiger partial charge in [-0.2, -0.15) is 0 Å². The quantitative estimate of drug-likeness (QED) is 0.405. The van der Waals surface area contributed by atoms with E-state index in [4.69, 9.17) is 25.8 Å². The van der Waals surface area contributed by atoms with Crippen molar-refractivity contribution in [3.05, 3.63) is 58.2 Å². The van der Waals surface area contributed by atoms with E-state index in [2.05, 4.69) is 4.98 Å². The van der Waals surface area contributed by atoms with E-state index in [1.54, 1.807) is 12.1 Å². The van der Waals surface area contributed by atoms with Crippen molar-refractivity contribution < 1.29 is 54.8 Å². The fourth-order valence-electron chi connectivity index (χ4n) is 2.93. The molecule has 2 aromatic carbocycles. The van der Waals surface area contributed by atoms with Gasteiger partial charge in [-0.1, -0.05) is 11.6 Å². The fourth-order valence-corrected chi connectivity index (χ4v) is 3.06. The van der Waals surface area contributed by atoms with Gasteiger partial charge in [-0.3, -0.25) is 4.79 Å². The summed E-state index contributed by atoms with van der Waals surface area (Å²) in [5.74, 6) is -0.0532. The summed E-state index contributed by atoms with van der Waals surface area (Å²) in [5.41, 5.74) is 2.67. The third-order valence-electron chi connectivity index (χ3n) is 4.22. The molecular formula is C19H15ClNNaO5. The first kappa shape index (κ1) is 19.8. The number of carbonyl (C=O) groups excluding carboxylic acids is 2. The first-order valence-corrected chi connectivity index (χ1v) is 8.30. The zero-order valence-corrected chi connectivity index (χ0v) is 17.6. The van der Waals surface area contributed by atoms with Gasteiger partial charge in [-0.15, -0.1) is 0 Å². The minimum Gasteiger partial charge on any atom is -1.00 e. The fraction of sp³-hybridized carbons (Fsp3) is 0.158. The van der Waals surface area contributed by atoms with Crippen LogP contribution in [0.25, 0.3) is 10.9 Å². The third-order valence-corrected chi connectivity index (χ3v) is 4.47. The molecule has 1 aliphatic rings. The summed E-state index contributed by atoms with van der Waals surface area (Å²) < 4.78 is 15.7. The summed E-state index contributed by atoms with van der Waals surface area (Å²) >= 11 is 5.79. The number of hydrogen-bond acceptors (Lipinski definition) is 5. The maximum absolute atomic E-state index is 12.3. The second kappa shape index (κ2) is 7.94. The van der Waals surface area contributed by atoms with Gasteiger partial charge in [0.1, 0.15) is 0 Å². The normalized spacial score (nSPS) is 11.9. The molecule has 1 aromatic heterocycles. The Bertz CT molecular complexity index is 1030. The molecule has 0 aliphatic carbocycles. The average molecular weight is 396 g/mol. The zero-order valence-electron chi connectivity index (χ0n) is 15.8. The van der Waals surface area contributed by atoms with Crippen LogP contribution in [-0.4, -0.2) is 23.7 Å². The molecule has 0 amide bonds. The van der Waals surface area contributed by atoms with Gasteiger partial charge in [0.2, 0.25) is 6.79 Å². The van der Waals surface area contributed by atoms with E-state index >= 15 is 0 Å². The Morgan fingerprint density at radius 3 is 2.56 bits per heavy atom. The molecule has 0 saturated heterocycles. The van der Waals surface area contributed by atoms with Crippen molar-refractivity contribution in [2.24, 2.45) is 0 Å². The van der Waals surface area contributed by atoms with Crippen molar-refractivity contribution in [2.45, 2.75) is 13.3 Å². The number of halogens is 1. The number of fused-ring (bicyclic) bond motifs is 2. The van der Waals surface area contributed by atoms with Gasteiger partial charge in [0.05, 0.1) is 12.0 Å². The summed E-state index contributed by atoms with van der Waals surface area (Å²) in [6.45, 7) is 2.03. The summed E-state index contributed by atoms with van der Waals surface area (Å²) in [4.78, 5) is 27.5. The molecule has 134 valence electrons. The standard InChI is InChI=1S/C19H14ClNO5.Na.H/c1-10-13(14-6-16-17(25-9-24-16)8-15(14)21-10)7-18(22)26-19(23)11-2-4-12(20)5-3-11;;/h2-6,8,21H,7,9H2,1H3;;/q;+1;-1. The minimum atomic E-state index is -0.707. The number of benzene rings is 2. The summed E-state index contributed by atoms with van der Waals surface area (Å²) in [7, 11) is 0. The number of aryl methyl sites for hydroxylation is 1. The Balaban J connectivity index is 0.00000140. The van der Waals surface area contributed by atoms with Crippen LogP contribution in [0.5, 0.6) is 11.5 Å². The molecule has 6 nitrogen and oxygen atoms in total. The Labute approximate surface area is 183 Å². The number of hydrogen-bond donors (Lipinski definition) is 1. The van der Waals surface area contributed by atoms with Gasteiger partial charge >= 0.3 is 41.5 Å². The summed E-state index contributed by atoms with van der Waals surface area (Å²) in [5, 5.41) is 1.34. The zero-order chi connectivity index (χ0) is 18.3. The van der Waals surface area contributed by atoms with E-state index in [0.29, 0.717) is 16.5 Å². The van der Waals surface area contributed by atoms with Crippen molar-refractivity contribution in [3.63, 3.8) is 0 Å². The van der Waals surface area contributed by atoms with Crippen molar-refractivity contribution >= 4 is 34.4 Å². The number of aromatic nitrogens is 1. The first-order chi connectivity index (χ1) is 12.5. The van der Waals surface area contributed by atoms with Gasteiger partial charge in [0, 0.05) is 27.7 Å². The van der Waals surface area contributed by atoms with Crippen LogP contribution in [0.2, 0.25) is 5.02 Å². The van der Waals surface area contributed by atoms with Crippen LogP contribution < -0.4 is 39.0 Å². The van der Waals surface area contributed by atoms with E-state index in [0.717, 1.165) is 22.2 Å². The number of carbonyl (C=O) groups is 2. The number of nitrogens with one attached hydrogen (secondary N) is 1. The number of aromatic amines is 1. The van der Waals surface area contributed by atoms with Gasteiger partial charge < -0.3 is 20.6 Å². The van der Waals surface area contributed by atoms with E-state index in [9.17, 15) is 9.59 Å². The minimum absolute atomic E-state index is 0. The molecule has 0 atom stereocenters. The maximum atomic E-state index is 12.3. The molecule has 8 heteroatoms. The van der Waals surface area contributed by atoms with Gasteiger partial charge in [0.25, 0.3) is 0 Å².